The maximum Gasteiger partial charge on any atom is 0.124 e. The number of rotatable bonds is 5. The quantitative estimate of drug-likeness (QED) is 0.611. The first kappa shape index (κ1) is 15.5. The summed E-state index contributed by atoms with van der Waals surface area (Å²) in [5.74, 6) is 1.11. The van der Waals surface area contributed by atoms with Gasteiger partial charge in [0.25, 0.3) is 0 Å². The van der Waals surface area contributed by atoms with Crippen molar-refractivity contribution in [2.24, 2.45) is 4.99 Å². The summed E-state index contributed by atoms with van der Waals surface area (Å²) in [4.78, 5) is 7.16. The van der Waals surface area contributed by atoms with Crippen LogP contribution in [0.25, 0.3) is 0 Å². The van der Waals surface area contributed by atoms with Crippen molar-refractivity contribution < 1.29 is 4.74 Å². The number of amidine groups is 1. The normalized spacial score (nSPS) is 20.4. The van der Waals surface area contributed by atoms with Crippen molar-refractivity contribution in [2.45, 2.75) is 44.8 Å². The van der Waals surface area contributed by atoms with Gasteiger partial charge in [0.1, 0.15) is 5.84 Å². The Balaban J connectivity index is 1.48. The maximum absolute atomic E-state index is 5.82. The second-order valence-corrected chi connectivity index (χ2v) is 13.0. The summed E-state index contributed by atoms with van der Waals surface area (Å²) < 4.78 is 5.82. The highest BCUT2D eigenvalue weighted by molar-refractivity contribution is 6.76. The zero-order valence-electron chi connectivity index (χ0n) is 13.9. The van der Waals surface area contributed by atoms with Crippen molar-refractivity contribution in [1.29, 1.82) is 0 Å². The van der Waals surface area contributed by atoms with Gasteiger partial charge in [-0.15, -0.1) is 0 Å². The number of aliphatic imine (C=N–C) groups is 1. The Bertz CT molecular complexity index is 564. The van der Waals surface area contributed by atoms with Crippen LogP contribution in [0.15, 0.2) is 41.4 Å². The molecular formula is C18H26N2OSi. The molecule has 0 aromatic heterocycles. The molecule has 2 heterocycles. The Labute approximate surface area is 134 Å². The van der Waals surface area contributed by atoms with Gasteiger partial charge in [-0.1, -0.05) is 50.0 Å². The van der Waals surface area contributed by atoms with E-state index in [0.29, 0.717) is 6.61 Å². The van der Waals surface area contributed by atoms with Gasteiger partial charge >= 0.3 is 0 Å². The summed E-state index contributed by atoms with van der Waals surface area (Å²) in [7, 11) is -0.992. The summed E-state index contributed by atoms with van der Waals surface area (Å²) in [6, 6.07) is 10.1. The van der Waals surface area contributed by atoms with E-state index in [-0.39, 0.29) is 6.04 Å². The predicted octanol–water partition coefficient (Wildman–Crippen LogP) is 3.69. The van der Waals surface area contributed by atoms with Gasteiger partial charge in [-0.05, 0) is 23.2 Å². The molecule has 3 rings (SSSR count). The van der Waals surface area contributed by atoms with E-state index in [0.717, 1.165) is 25.5 Å². The lowest BCUT2D eigenvalue weighted by atomic mass is 10.1. The molecule has 0 amide bonds. The largest absolute Gasteiger partial charge is 0.379 e. The molecule has 0 spiro atoms. The van der Waals surface area contributed by atoms with Gasteiger partial charge in [-0.3, -0.25) is 4.99 Å². The van der Waals surface area contributed by atoms with Crippen LogP contribution in [0.1, 0.15) is 11.1 Å². The Kier molecular flexibility index (Phi) is 4.50. The molecule has 3 nitrogen and oxygen atoms in total. The molecule has 0 radical (unpaired) electrons. The van der Waals surface area contributed by atoms with E-state index in [1.54, 1.807) is 0 Å². The summed E-state index contributed by atoms with van der Waals surface area (Å²) in [6.07, 6.45) is 4.32. The zero-order valence-corrected chi connectivity index (χ0v) is 14.9. The highest BCUT2D eigenvalue weighted by Gasteiger charge is 2.23. The van der Waals surface area contributed by atoms with Crippen LogP contribution in [0.2, 0.25) is 25.7 Å². The lowest BCUT2D eigenvalue weighted by Crippen LogP contribution is -2.24. The lowest BCUT2D eigenvalue weighted by Gasteiger charge is -2.17. The lowest BCUT2D eigenvalue weighted by molar-refractivity contribution is 0.142. The molecule has 4 heteroatoms. The number of ether oxygens (including phenoxy) is 1. The highest BCUT2D eigenvalue weighted by Crippen LogP contribution is 2.24. The Morgan fingerprint density at radius 1 is 1.18 bits per heavy atom. The zero-order chi connectivity index (χ0) is 15.6. The monoisotopic (exact) mass is 314 g/mol. The van der Waals surface area contributed by atoms with E-state index >= 15 is 0 Å². The molecule has 0 bridgehead atoms. The average molecular weight is 315 g/mol. The molecule has 0 N–H and O–H groups in total. The molecular weight excluding hydrogens is 288 g/mol. The van der Waals surface area contributed by atoms with Gasteiger partial charge in [0.15, 0.2) is 0 Å². The molecule has 0 aliphatic carbocycles. The molecule has 1 aromatic rings. The molecule has 1 atom stereocenters. The molecule has 1 aromatic carbocycles. The second-order valence-electron chi connectivity index (χ2n) is 7.42. The van der Waals surface area contributed by atoms with E-state index < -0.39 is 8.07 Å². The first-order valence-corrected chi connectivity index (χ1v) is 11.9. The van der Waals surface area contributed by atoms with Crippen LogP contribution in [-0.4, -0.2) is 38.1 Å². The van der Waals surface area contributed by atoms with E-state index in [1.165, 1.54) is 17.2 Å². The summed E-state index contributed by atoms with van der Waals surface area (Å²) >= 11 is 0. The van der Waals surface area contributed by atoms with Gasteiger partial charge in [0.2, 0.25) is 0 Å². The van der Waals surface area contributed by atoms with Crippen molar-refractivity contribution >= 4 is 13.9 Å². The summed E-state index contributed by atoms with van der Waals surface area (Å²) in [5.41, 5.74) is 2.85. The topological polar surface area (TPSA) is 24.8 Å². The first-order valence-electron chi connectivity index (χ1n) is 8.17. The minimum Gasteiger partial charge on any atom is -0.379 e. The SMILES string of the molecule is C[Si](C)(C)CCOCC1C=CC(N2Cc3ccccc3C2)=N1. The Morgan fingerprint density at radius 2 is 1.86 bits per heavy atom. The molecule has 1 unspecified atom stereocenters. The van der Waals surface area contributed by atoms with Crippen molar-refractivity contribution in [2.75, 3.05) is 13.2 Å². The van der Waals surface area contributed by atoms with Gasteiger partial charge in [-0.2, -0.15) is 0 Å². The maximum atomic E-state index is 5.82. The van der Waals surface area contributed by atoms with Gasteiger partial charge in [-0.25, -0.2) is 0 Å². The van der Waals surface area contributed by atoms with Crippen LogP contribution < -0.4 is 0 Å². The number of benzene rings is 1. The third-order valence-electron chi connectivity index (χ3n) is 4.22. The highest BCUT2D eigenvalue weighted by atomic mass is 28.3. The third-order valence-corrected chi connectivity index (χ3v) is 5.92. The first-order chi connectivity index (χ1) is 10.5. The van der Waals surface area contributed by atoms with Crippen molar-refractivity contribution in [3.63, 3.8) is 0 Å². The smallest absolute Gasteiger partial charge is 0.124 e. The van der Waals surface area contributed by atoms with Crippen molar-refractivity contribution in [3.8, 4) is 0 Å². The number of nitrogens with zero attached hydrogens (tertiary/aromatic N) is 2. The molecule has 2 aliphatic rings. The van der Waals surface area contributed by atoms with E-state index in [1.807, 2.05) is 0 Å². The molecule has 2 aliphatic heterocycles. The minimum atomic E-state index is -0.992. The van der Waals surface area contributed by atoms with E-state index in [4.69, 9.17) is 9.73 Å². The van der Waals surface area contributed by atoms with Gasteiger partial charge in [0.05, 0.1) is 12.6 Å². The average Bonchev–Trinajstić information content (AvgIpc) is 3.08. The number of hydrogen-bond donors (Lipinski definition) is 0. The Morgan fingerprint density at radius 3 is 2.50 bits per heavy atom. The van der Waals surface area contributed by atoms with Crippen LogP contribution in [0, 0.1) is 0 Å². The van der Waals surface area contributed by atoms with Crippen LogP contribution in [0.4, 0.5) is 0 Å². The standard InChI is InChI=1S/C18H26N2OSi/c1-22(2,3)11-10-21-14-17-8-9-18(19-17)20-12-15-6-4-5-7-16(15)13-20/h4-9,17H,10-14H2,1-3H3. The van der Waals surface area contributed by atoms with Crippen LogP contribution in [0.5, 0.6) is 0 Å². The van der Waals surface area contributed by atoms with Crippen LogP contribution in [-0.2, 0) is 17.8 Å². The van der Waals surface area contributed by atoms with Gasteiger partial charge < -0.3 is 9.64 Å². The number of hydrogen-bond acceptors (Lipinski definition) is 3. The minimum absolute atomic E-state index is 0.195. The van der Waals surface area contributed by atoms with Crippen LogP contribution >= 0.6 is 0 Å². The second kappa shape index (κ2) is 6.38. The van der Waals surface area contributed by atoms with E-state index in [2.05, 4.69) is 61.0 Å². The number of fused-ring (bicyclic) bond motifs is 1. The molecule has 0 fully saturated rings. The fourth-order valence-corrected chi connectivity index (χ4v) is 3.57. The predicted molar refractivity (Wildman–Crippen MR) is 95.0 cm³/mol. The van der Waals surface area contributed by atoms with Gasteiger partial charge in [0, 0.05) is 27.8 Å². The summed E-state index contributed by atoms with van der Waals surface area (Å²) in [5, 5.41) is 0. The molecule has 0 saturated heterocycles. The molecule has 0 saturated carbocycles. The third kappa shape index (κ3) is 3.87. The fraction of sp³-hybridized carbons (Fsp3) is 0.500. The fourth-order valence-electron chi connectivity index (χ4n) is 2.81. The van der Waals surface area contributed by atoms with E-state index in [9.17, 15) is 0 Å². The summed E-state index contributed by atoms with van der Waals surface area (Å²) in [6.45, 7) is 10.7. The van der Waals surface area contributed by atoms with Crippen molar-refractivity contribution in [1.82, 2.24) is 4.90 Å². The Hall–Kier alpha value is -1.39. The molecule has 118 valence electrons. The van der Waals surface area contributed by atoms with Crippen molar-refractivity contribution in [3.05, 3.63) is 47.5 Å². The molecule has 22 heavy (non-hydrogen) atoms. The van der Waals surface area contributed by atoms with Crippen LogP contribution in [0.3, 0.4) is 0 Å².